The van der Waals surface area contributed by atoms with Crippen molar-refractivity contribution in [2.75, 3.05) is 6.54 Å². The molecule has 3 aliphatic rings. The van der Waals surface area contributed by atoms with E-state index in [9.17, 15) is 14.4 Å². The summed E-state index contributed by atoms with van der Waals surface area (Å²) in [6, 6.07) is 5.33. The Bertz CT molecular complexity index is 1050. The highest BCUT2D eigenvalue weighted by molar-refractivity contribution is 7.11. The van der Waals surface area contributed by atoms with Crippen LogP contribution in [-0.2, 0) is 42.2 Å². The maximum absolute atomic E-state index is 13.2. The van der Waals surface area contributed by atoms with E-state index < -0.39 is 6.04 Å². The third-order valence-corrected chi connectivity index (χ3v) is 7.24. The van der Waals surface area contributed by atoms with Crippen LogP contribution in [0.4, 0.5) is 0 Å². The lowest BCUT2D eigenvalue weighted by Gasteiger charge is -2.29. The highest BCUT2D eigenvalue weighted by Gasteiger charge is 2.40. The first-order valence-electron chi connectivity index (χ1n) is 10.2. The summed E-state index contributed by atoms with van der Waals surface area (Å²) in [5.41, 5.74) is 9.45. The van der Waals surface area contributed by atoms with Gasteiger partial charge in [0.2, 0.25) is 11.8 Å². The summed E-state index contributed by atoms with van der Waals surface area (Å²) >= 11 is 1.70. The third kappa shape index (κ3) is 3.32. The molecule has 3 aliphatic heterocycles. The number of imide groups is 1. The highest BCUT2D eigenvalue weighted by atomic mass is 32.1. The molecule has 156 valence electrons. The molecule has 3 amide bonds. The van der Waals surface area contributed by atoms with Crippen molar-refractivity contribution in [2.45, 2.75) is 51.5 Å². The molecule has 30 heavy (non-hydrogen) atoms. The number of nitrogens with one attached hydrogen (secondary N) is 1. The summed E-state index contributed by atoms with van der Waals surface area (Å²) < 4.78 is 0. The van der Waals surface area contributed by atoms with Gasteiger partial charge in [0.05, 0.1) is 5.69 Å². The van der Waals surface area contributed by atoms with Crippen LogP contribution < -0.4 is 11.1 Å². The zero-order chi connectivity index (χ0) is 20.8. The Hall–Kier alpha value is -2.62. The van der Waals surface area contributed by atoms with Gasteiger partial charge in [0.25, 0.3) is 5.91 Å². The SMILES string of the molecule is NCc1nc2c(s1)CCN(Cc1cccc3c1C(=O)N(C1CCC(=O)NC1=O)C3)C2. The Morgan fingerprint density at radius 2 is 2.07 bits per heavy atom. The Labute approximate surface area is 178 Å². The molecule has 0 bridgehead atoms. The van der Waals surface area contributed by atoms with E-state index in [4.69, 9.17) is 5.73 Å². The number of rotatable bonds is 4. The van der Waals surface area contributed by atoms with Crippen LogP contribution in [-0.4, -0.2) is 45.1 Å². The van der Waals surface area contributed by atoms with Crippen LogP contribution in [0.1, 0.15) is 49.9 Å². The van der Waals surface area contributed by atoms with Crippen LogP contribution in [0.5, 0.6) is 0 Å². The molecule has 1 aromatic heterocycles. The van der Waals surface area contributed by atoms with Crippen molar-refractivity contribution in [3.8, 4) is 0 Å². The van der Waals surface area contributed by atoms with Crippen molar-refractivity contribution in [3.63, 3.8) is 0 Å². The predicted octanol–water partition coefficient (Wildman–Crippen LogP) is 0.921. The van der Waals surface area contributed by atoms with Crippen molar-refractivity contribution in [1.82, 2.24) is 20.1 Å². The van der Waals surface area contributed by atoms with Crippen LogP contribution in [0.15, 0.2) is 18.2 Å². The third-order valence-electron chi connectivity index (χ3n) is 6.06. The Morgan fingerprint density at radius 1 is 1.20 bits per heavy atom. The zero-order valence-electron chi connectivity index (χ0n) is 16.5. The standard InChI is InChI=1S/C21H23N5O3S/c22-8-18-23-14-11-25(7-6-16(14)30-18)9-12-2-1-3-13-10-26(21(29)19(12)13)15-4-5-17(27)24-20(15)28/h1-3,15H,4-11,22H2,(H,24,27,28). The Kier molecular flexibility index (Phi) is 4.88. The maximum Gasteiger partial charge on any atom is 0.255 e. The smallest absolute Gasteiger partial charge is 0.255 e. The van der Waals surface area contributed by atoms with Crippen LogP contribution in [0.2, 0.25) is 0 Å². The monoisotopic (exact) mass is 425 g/mol. The molecule has 4 heterocycles. The summed E-state index contributed by atoms with van der Waals surface area (Å²) in [6.45, 7) is 3.19. The fraction of sp³-hybridized carbons (Fsp3) is 0.429. The van der Waals surface area contributed by atoms with Crippen molar-refractivity contribution in [1.29, 1.82) is 0 Å². The number of nitrogens with two attached hydrogens (primary N) is 1. The van der Waals surface area contributed by atoms with Crippen molar-refractivity contribution in [3.05, 3.63) is 50.5 Å². The minimum Gasteiger partial charge on any atom is -0.325 e. The number of nitrogens with zero attached hydrogens (tertiary/aromatic N) is 3. The minimum absolute atomic E-state index is 0.119. The number of hydrogen-bond acceptors (Lipinski definition) is 7. The largest absolute Gasteiger partial charge is 0.325 e. The molecule has 1 unspecified atom stereocenters. The topological polar surface area (TPSA) is 109 Å². The first-order valence-corrected chi connectivity index (χ1v) is 11.0. The number of piperidine rings is 1. The fourth-order valence-corrected chi connectivity index (χ4v) is 5.54. The molecular weight excluding hydrogens is 402 g/mol. The van der Waals surface area contributed by atoms with Crippen LogP contribution in [0.3, 0.4) is 0 Å². The summed E-state index contributed by atoms with van der Waals surface area (Å²) in [4.78, 5) is 46.9. The van der Waals surface area contributed by atoms with Crippen LogP contribution in [0.25, 0.3) is 0 Å². The average Bonchev–Trinajstić information content (AvgIpc) is 3.29. The number of hydrogen-bond donors (Lipinski definition) is 2. The molecule has 5 rings (SSSR count). The Morgan fingerprint density at radius 3 is 2.87 bits per heavy atom. The van der Waals surface area contributed by atoms with E-state index in [1.807, 2.05) is 18.2 Å². The normalized spacial score (nSPS) is 21.6. The molecule has 0 radical (unpaired) electrons. The van der Waals surface area contributed by atoms with Crippen molar-refractivity contribution in [2.24, 2.45) is 5.73 Å². The number of aromatic nitrogens is 1. The second-order valence-electron chi connectivity index (χ2n) is 7.99. The number of carbonyl (C=O) groups is 3. The van der Waals surface area contributed by atoms with E-state index in [-0.39, 0.29) is 24.1 Å². The van der Waals surface area contributed by atoms with Gasteiger partial charge in [-0.3, -0.25) is 24.6 Å². The van der Waals surface area contributed by atoms with Gasteiger partial charge in [0.1, 0.15) is 11.0 Å². The lowest BCUT2D eigenvalue weighted by Crippen LogP contribution is -2.52. The highest BCUT2D eigenvalue weighted by Crippen LogP contribution is 2.32. The molecular formula is C21H23N5O3S. The van der Waals surface area contributed by atoms with Gasteiger partial charge in [0.15, 0.2) is 0 Å². The number of amides is 3. The first-order chi connectivity index (χ1) is 14.5. The van der Waals surface area contributed by atoms with Gasteiger partial charge >= 0.3 is 0 Å². The van der Waals surface area contributed by atoms with E-state index in [0.29, 0.717) is 31.6 Å². The Balaban J connectivity index is 1.35. The molecule has 1 saturated heterocycles. The van der Waals surface area contributed by atoms with Crippen molar-refractivity contribution < 1.29 is 14.4 Å². The molecule has 3 N–H and O–H groups in total. The molecule has 8 nitrogen and oxygen atoms in total. The first kappa shape index (κ1) is 19.3. The zero-order valence-corrected chi connectivity index (χ0v) is 17.3. The van der Waals surface area contributed by atoms with Crippen LogP contribution >= 0.6 is 11.3 Å². The van der Waals surface area contributed by atoms with Crippen LogP contribution in [0, 0.1) is 0 Å². The van der Waals surface area contributed by atoms with Gasteiger partial charge in [0, 0.05) is 49.6 Å². The molecule has 1 fully saturated rings. The molecule has 1 aromatic carbocycles. The minimum atomic E-state index is -0.585. The molecule has 0 aliphatic carbocycles. The number of thiazole rings is 1. The molecule has 9 heteroatoms. The van der Waals surface area contributed by atoms with Gasteiger partial charge in [-0.05, 0) is 24.0 Å². The lowest BCUT2D eigenvalue weighted by atomic mass is 10.0. The van der Waals surface area contributed by atoms with Gasteiger partial charge in [-0.1, -0.05) is 18.2 Å². The summed E-state index contributed by atoms with van der Waals surface area (Å²) in [5, 5.41) is 3.33. The summed E-state index contributed by atoms with van der Waals surface area (Å²) in [6.07, 6.45) is 1.58. The molecule has 1 atom stereocenters. The quantitative estimate of drug-likeness (QED) is 0.706. The molecule has 0 saturated carbocycles. The number of fused-ring (bicyclic) bond motifs is 2. The van der Waals surface area contributed by atoms with E-state index in [1.165, 1.54) is 4.88 Å². The summed E-state index contributed by atoms with van der Waals surface area (Å²) in [7, 11) is 0. The second kappa shape index (κ2) is 7.57. The molecule has 2 aromatic rings. The van der Waals surface area contributed by atoms with E-state index in [0.717, 1.165) is 41.3 Å². The van der Waals surface area contributed by atoms with Crippen molar-refractivity contribution >= 4 is 29.1 Å². The predicted molar refractivity (Wildman–Crippen MR) is 110 cm³/mol. The van der Waals surface area contributed by atoms with Gasteiger partial charge < -0.3 is 10.6 Å². The fourth-order valence-electron chi connectivity index (χ4n) is 4.59. The van der Waals surface area contributed by atoms with Gasteiger partial charge in [-0.2, -0.15) is 0 Å². The lowest BCUT2D eigenvalue weighted by molar-refractivity contribution is -0.136. The average molecular weight is 426 g/mol. The van der Waals surface area contributed by atoms with Gasteiger partial charge in [-0.15, -0.1) is 11.3 Å². The molecule has 0 spiro atoms. The van der Waals surface area contributed by atoms with E-state index >= 15 is 0 Å². The van der Waals surface area contributed by atoms with E-state index in [1.54, 1.807) is 16.2 Å². The second-order valence-corrected chi connectivity index (χ2v) is 9.16. The van der Waals surface area contributed by atoms with Gasteiger partial charge in [-0.25, -0.2) is 4.98 Å². The maximum atomic E-state index is 13.2. The summed E-state index contributed by atoms with van der Waals surface area (Å²) in [5.74, 6) is -0.769. The number of benzene rings is 1. The number of carbonyl (C=O) groups excluding carboxylic acids is 3. The van der Waals surface area contributed by atoms with E-state index in [2.05, 4.69) is 15.2 Å².